The Morgan fingerprint density at radius 1 is 1.00 bits per heavy atom. The van der Waals surface area contributed by atoms with E-state index in [1.54, 1.807) is 0 Å². The standard InChI is InChI=1S/Ba.ClH.HI.Zn.2H/h;2*1H;;;. The fourth-order valence-electron chi connectivity index (χ4n) is 0. The van der Waals surface area contributed by atoms with Crippen LogP contribution in [0.1, 0.15) is 0 Å². The van der Waals surface area contributed by atoms with Gasteiger partial charge in [-0.15, -0.1) is 36.4 Å². The Kier molecular flexibility index (Phi) is 110. The first kappa shape index (κ1) is 27.0. The minimum Gasteiger partial charge on any atom is 0 e. The van der Waals surface area contributed by atoms with Crippen molar-refractivity contribution in [3.8, 4) is 0 Å². The minimum absolute atomic E-state index is 0. The van der Waals surface area contributed by atoms with Crippen LogP contribution >= 0.6 is 36.4 Å². The van der Waals surface area contributed by atoms with Crippen LogP contribution in [0.5, 0.6) is 0 Å². The molecule has 0 bridgehead atoms. The van der Waals surface area contributed by atoms with E-state index in [-0.39, 0.29) is 105 Å². The molecule has 0 heterocycles. The van der Waals surface area contributed by atoms with Crippen molar-refractivity contribution >= 4 is 85.3 Å². The topological polar surface area (TPSA) is 0 Å². The van der Waals surface area contributed by atoms with Gasteiger partial charge in [-0.25, -0.2) is 0 Å². The van der Waals surface area contributed by atoms with Gasteiger partial charge in [-0.3, -0.25) is 0 Å². The zero-order valence-corrected chi connectivity index (χ0v) is 7.64. The Morgan fingerprint density at radius 2 is 1.00 bits per heavy atom. The van der Waals surface area contributed by atoms with Crippen molar-refractivity contribution in [2.45, 2.75) is 0 Å². The van der Waals surface area contributed by atoms with Gasteiger partial charge in [0.05, 0.1) is 0 Å². The van der Waals surface area contributed by atoms with E-state index in [9.17, 15) is 0 Å². The average molecular weight is 369 g/mol. The molecule has 0 saturated carbocycles. The monoisotopic (exact) mass is 368 g/mol. The van der Waals surface area contributed by atoms with Crippen molar-refractivity contribution in [3.63, 3.8) is 0 Å². The molecule has 0 N–H and O–H groups in total. The quantitative estimate of drug-likeness (QED) is 0.421. The molecule has 0 unspecified atom stereocenters. The normalized spacial score (nSPS) is 0. The predicted molar refractivity (Wildman–Crippen MR) is 31.2 cm³/mol. The summed E-state index contributed by atoms with van der Waals surface area (Å²) in [6.07, 6.45) is 0. The van der Waals surface area contributed by atoms with Gasteiger partial charge in [0.25, 0.3) is 0 Å². The van der Waals surface area contributed by atoms with Gasteiger partial charge in [-0.1, -0.05) is 0 Å². The third-order valence-electron chi connectivity index (χ3n) is 0. The molecule has 0 aromatic heterocycles. The van der Waals surface area contributed by atoms with Crippen LogP contribution in [0.25, 0.3) is 0 Å². The second kappa shape index (κ2) is 16.4. The molecule has 0 aliphatic heterocycles. The molecule has 0 aromatic rings. The van der Waals surface area contributed by atoms with Crippen LogP contribution in [0.15, 0.2) is 0 Å². The Morgan fingerprint density at radius 3 is 1.00 bits per heavy atom. The van der Waals surface area contributed by atoms with Gasteiger partial charge in [0, 0.05) is 19.5 Å². The Hall–Kier alpha value is 3.21. The van der Waals surface area contributed by atoms with Crippen molar-refractivity contribution < 1.29 is 19.5 Å². The summed E-state index contributed by atoms with van der Waals surface area (Å²) in [5, 5.41) is 0. The first-order chi connectivity index (χ1) is 0. The summed E-state index contributed by atoms with van der Waals surface area (Å²) in [7, 11) is 0. The van der Waals surface area contributed by atoms with Crippen molar-refractivity contribution in [2.75, 3.05) is 0 Å². The molecule has 4 heteroatoms. The summed E-state index contributed by atoms with van der Waals surface area (Å²) in [4.78, 5) is 0. The third-order valence-corrected chi connectivity index (χ3v) is 0. The van der Waals surface area contributed by atoms with Crippen LogP contribution in [-0.4, -0.2) is 48.9 Å². The van der Waals surface area contributed by atoms with Crippen molar-refractivity contribution in [1.82, 2.24) is 0 Å². The average Bonchev–Trinajstić information content (AvgIpc) is 0. The fraction of sp³-hybridized carbons (Fsp3) is 0. The maximum Gasteiger partial charge on any atom is 0 e. The molecule has 0 radical (unpaired) electrons. The van der Waals surface area contributed by atoms with Gasteiger partial charge >= 0.3 is 48.9 Å². The van der Waals surface area contributed by atoms with Gasteiger partial charge in [0.2, 0.25) is 0 Å². The van der Waals surface area contributed by atoms with Crippen molar-refractivity contribution in [3.05, 3.63) is 0 Å². The van der Waals surface area contributed by atoms with Crippen LogP contribution in [0, 0.1) is 0 Å². The van der Waals surface area contributed by atoms with Crippen LogP contribution in [-0.2, 0) is 19.5 Å². The molecule has 22 valence electrons. The van der Waals surface area contributed by atoms with Crippen LogP contribution in [0.4, 0.5) is 0 Å². The van der Waals surface area contributed by atoms with Crippen molar-refractivity contribution in [2.24, 2.45) is 0 Å². The molecule has 0 fully saturated rings. The first-order valence-corrected chi connectivity index (χ1v) is 0. The number of halogens is 2. The number of rotatable bonds is 0. The molecule has 0 spiro atoms. The summed E-state index contributed by atoms with van der Waals surface area (Å²) < 4.78 is 0. The first-order valence-electron chi connectivity index (χ1n) is 0. The van der Waals surface area contributed by atoms with E-state index in [1.807, 2.05) is 0 Å². The van der Waals surface area contributed by atoms with Crippen molar-refractivity contribution in [1.29, 1.82) is 0 Å². The van der Waals surface area contributed by atoms with Crippen LogP contribution < -0.4 is 0 Å². The summed E-state index contributed by atoms with van der Waals surface area (Å²) in [5.74, 6) is 0. The zero-order valence-electron chi connectivity index (χ0n) is 1.52. The SMILES string of the molecule is Cl.I.[BaH2].[Zn]. The maximum absolute atomic E-state index is 0. The van der Waals surface area contributed by atoms with Gasteiger partial charge < -0.3 is 0 Å². The molecule has 0 aliphatic carbocycles. The maximum atomic E-state index is 0. The smallest absolute Gasteiger partial charge is 0 e. The molecular formula is H4BaClIZn. The van der Waals surface area contributed by atoms with E-state index in [0.29, 0.717) is 0 Å². The van der Waals surface area contributed by atoms with Gasteiger partial charge in [-0.05, 0) is 0 Å². The van der Waals surface area contributed by atoms with E-state index in [2.05, 4.69) is 0 Å². The predicted octanol–water partition coefficient (Wildman–Crippen LogP) is 0.121. The molecule has 0 aliphatic rings. The summed E-state index contributed by atoms with van der Waals surface area (Å²) in [6, 6.07) is 0. The molecule has 0 rings (SSSR count). The second-order valence-corrected chi connectivity index (χ2v) is 0. The summed E-state index contributed by atoms with van der Waals surface area (Å²) in [6.45, 7) is 0. The van der Waals surface area contributed by atoms with Crippen LogP contribution in [0.2, 0.25) is 0 Å². The zero-order chi connectivity index (χ0) is 0. The fourth-order valence-corrected chi connectivity index (χ4v) is 0. The number of hydrogen-bond acceptors (Lipinski definition) is 0. The second-order valence-electron chi connectivity index (χ2n) is 0. The van der Waals surface area contributed by atoms with E-state index < -0.39 is 0 Å². The molecule has 0 saturated heterocycles. The van der Waals surface area contributed by atoms with E-state index >= 15 is 0 Å². The Bertz CT molecular complexity index is 8.00. The molecule has 0 amide bonds. The Labute approximate surface area is 102 Å². The van der Waals surface area contributed by atoms with Crippen LogP contribution in [0.3, 0.4) is 0 Å². The molecule has 0 atom stereocenters. The summed E-state index contributed by atoms with van der Waals surface area (Å²) in [5.41, 5.74) is 0. The largest absolute Gasteiger partial charge is 0 e. The van der Waals surface area contributed by atoms with E-state index in [1.165, 1.54) is 0 Å². The van der Waals surface area contributed by atoms with E-state index in [0.717, 1.165) is 0 Å². The third kappa shape index (κ3) is 8.96. The Balaban J connectivity index is 0. The molecule has 0 nitrogen and oxygen atoms in total. The molecular weight excluding hydrogens is 365 g/mol. The van der Waals surface area contributed by atoms with E-state index in [4.69, 9.17) is 0 Å². The number of hydrogen-bond donors (Lipinski definition) is 0. The van der Waals surface area contributed by atoms with Gasteiger partial charge in [0.15, 0.2) is 0 Å². The van der Waals surface area contributed by atoms with Gasteiger partial charge in [0.1, 0.15) is 0 Å². The van der Waals surface area contributed by atoms with Gasteiger partial charge in [-0.2, -0.15) is 0 Å². The molecule has 4 heavy (non-hydrogen) atoms. The molecule has 0 aromatic carbocycles. The minimum atomic E-state index is 0. The summed E-state index contributed by atoms with van der Waals surface area (Å²) >= 11 is 0.